The van der Waals surface area contributed by atoms with Crippen LogP contribution in [0.3, 0.4) is 0 Å². The molecule has 0 spiro atoms. The lowest BCUT2D eigenvalue weighted by Crippen LogP contribution is -2.12. The molecule has 158 valence electrons. The molecule has 3 aromatic rings. The second kappa shape index (κ2) is 10.8. The standard InChI is InChI=1S/C23H27ClN4O2/c1-3-8-21-27-23(30-28-21)12-7-11-22(29)26-18-13-14-20(19(24)15-18)25-16(2)17-9-5-4-6-10-17/h4-6,9-10,13-16,25H,3,7-8,11-12H2,1-2H3,(H,26,29). The van der Waals surface area contributed by atoms with Crippen LogP contribution in [0.5, 0.6) is 0 Å². The summed E-state index contributed by atoms with van der Waals surface area (Å²) in [5, 5.41) is 10.8. The van der Waals surface area contributed by atoms with Crippen LogP contribution in [0, 0.1) is 0 Å². The van der Waals surface area contributed by atoms with Crippen molar-refractivity contribution < 1.29 is 9.32 Å². The number of carbonyl (C=O) groups is 1. The fraction of sp³-hybridized carbons (Fsp3) is 0.348. The predicted octanol–water partition coefficient (Wildman–Crippen LogP) is 5.81. The minimum Gasteiger partial charge on any atom is -0.377 e. The van der Waals surface area contributed by atoms with Crippen molar-refractivity contribution >= 4 is 28.9 Å². The number of carbonyl (C=O) groups excluding carboxylic acids is 1. The zero-order valence-corrected chi connectivity index (χ0v) is 18.1. The van der Waals surface area contributed by atoms with E-state index in [-0.39, 0.29) is 11.9 Å². The average molecular weight is 427 g/mol. The van der Waals surface area contributed by atoms with Crippen molar-refractivity contribution in [2.24, 2.45) is 0 Å². The van der Waals surface area contributed by atoms with E-state index in [2.05, 4.69) is 46.8 Å². The monoisotopic (exact) mass is 426 g/mol. The number of aromatic nitrogens is 2. The second-order valence-corrected chi connectivity index (χ2v) is 7.63. The van der Waals surface area contributed by atoms with Crippen molar-refractivity contribution in [2.45, 2.75) is 52.0 Å². The van der Waals surface area contributed by atoms with E-state index >= 15 is 0 Å². The number of anilines is 2. The van der Waals surface area contributed by atoms with Gasteiger partial charge in [-0.2, -0.15) is 4.98 Å². The smallest absolute Gasteiger partial charge is 0.226 e. The number of benzene rings is 2. The van der Waals surface area contributed by atoms with Crippen LogP contribution in [-0.2, 0) is 17.6 Å². The minimum atomic E-state index is -0.0715. The Morgan fingerprint density at radius 2 is 1.97 bits per heavy atom. The number of halogens is 1. The maximum Gasteiger partial charge on any atom is 0.226 e. The summed E-state index contributed by atoms with van der Waals surface area (Å²) >= 11 is 6.42. The molecule has 0 aliphatic carbocycles. The lowest BCUT2D eigenvalue weighted by atomic mass is 10.1. The summed E-state index contributed by atoms with van der Waals surface area (Å²) in [4.78, 5) is 16.5. The molecule has 1 amide bonds. The summed E-state index contributed by atoms with van der Waals surface area (Å²) in [5.41, 5.74) is 2.67. The number of aryl methyl sites for hydroxylation is 2. The Bertz CT molecular complexity index is 959. The third-order valence-electron chi connectivity index (χ3n) is 4.70. The van der Waals surface area contributed by atoms with E-state index in [9.17, 15) is 4.79 Å². The second-order valence-electron chi connectivity index (χ2n) is 7.23. The van der Waals surface area contributed by atoms with Gasteiger partial charge in [-0.05, 0) is 43.5 Å². The number of nitrogens with zero attached hydrogens (tertiary/aromatic N) is 2. The Balaban J connectivity index is 1.47. The van der Waals surface area contributed by atoms with Crippen molar-refractivity contribution in [1.82, 2.24) is 10.1 Å². The van der Waals surface area contributed by atoms with Gasteiger partial charge in [0, 0.05) is 31.0 Å². The highest BCUT2D eigenvalue weighted by molar-refractivity contribution is 6.33. The lowest BCUT2D eigenvalue weighted by molar-refractivity contribution is -0.116. The third-order valence-corrected chi connectivity index (χ3v) is 5.02. The molecule has 0 aliphatic rings. The molecule has 1 unspecified atom stereocenters. The quantitative estimate of drug-likeness (QED) is 0.427. The van der Waals surface area contributed by atoms with Crippen LogP contribution in [0.15, 0.2) is 53.1 Å². The minimum absolute atomic E-state index is 0.0715. The van der Waals surface area contributed by atoms with Gasteiger partial charge >= 0.3 is 0 Å². The van der Waals surface area contributed by atoms with E-state index in [4.69, 9.17) is 16.1 Å². The normalized spacial score (nSPS) is 11.8. The van der Waals surface area contributed by atoms with E-state index in [1.807, 2.05) is 30.3 Å². The van der Waals surface area contributed by atoms with Gasteiger partial charge in [0.15, 0.2) is 5.82 Å². The highest BCUT2D eigenvalue weighted by Crippen LogP contribution is 2.29. The van der Waals surface area contributed by atoms with Gasteiger partial charge in [0.25, 0.3) is 0 Å². The molecule has 30 heavy (non-hydrogen) atoms. The molecule has 0 saturated heterocycles. The first kappa shape index (κ1) is 21.8. The molecule has 2 aromatic carbocycles. The Morgan fingerprint density at radius 3 is 2.70 bits per heavy atom. The van der Waals surface area contributed by atoms with Gasteiger partial charge in [-0.15, -0.1) is 0 Å². The van der Waals surface area contributed by atoms with Crippen molar-refractivity contribution in [3.05, 3.63) is 70.8 Å². The first-order chi connectivity index (χ1) is 14.5. The number of hydrogen-bond acceptors (Lipinski definition) is 5. The fourth-order valence-electron chi connectivity index (χ4n) is 3.11. The van der Waals surface area contributed by atoms with Crippen LogP contribution in [0.4, 0.5) is 11.4 Å². The van der Waals surface area contributed by atoms with Crippen molar-refractivity contribution in [2.75, 3.05) is 10.6 Å². The number of amides is 1. The molecule has 0 fully saturated rings. The van der Waals surface area contributed by atoms with Crippen LogP contribution < -0.4 is 10.6 Å². The largest absolute Gasteiger partial charge is 0.377 e. The first-order valence-corrected chi connectivity index (χ1v) is 10.6. The van der Waals surface area contributed by atoms with Crippen molar-refractivity contribution in [1.29, 1.82) is 0 Å². The molecule has 1 aromatic heterocycles. The molecule has 1 heterocycles. The fourth-order valence-corrected chi connectivity index (χ4v) is 3.34. The Labute approximate surface area is 182 Å². The summed E-state index contributed by atoms with van der Waals surface area (Å²) in [6, 6.07) is 15.8. The highest BCUT2D eigenvalue weighted by Gasteiger charge is 2.10. The van der Waals surface area contributed by atoms with Crippen molar-refractivity contribution in [3.8, 4) is 0 Å². The van der Waals surface area contributed by atoms with Gasteiger partial charge in [0.1, 0.15) is 0 Å². The Hall–Kier alpha value is -2.86. The zero-order valence-electron chi connectivity index (χ0n) is 17.3. The molecule has 1 atom stereocenters. The van der Waals surface area contributed by atoms with Gasteiger partial charge < -0.3 is 15.2 Å². The first-order valence-electron chi connectivity index (χ1n) is 10.3. The van der Waals surface area contributed by atoms with Gasteiger partial charge in [-0.3, -0.25) is 4.79 Å². The van der Waals surface area contributed by atoms with Crippen LogP contribution in [-0.4, -0.2) is 16.0 Å². The molecule has 3 rings (SSSR count). The lowest BCUT2D eigenvalue weighted by Gasteiger charge is -2.17. The molecular formula is C23H27ClN4O2. The molecule has 0 radical (unpaired) electrons. The molecule has 0 saturated carbocycles. The zero-order chi connectivity index (χ0) is 21.3. The summed E-state index contributed by atoms with van der Waals surface area (Å²) in [6.45, 7) is 4.15. The topological polar surface area (TPSA) is 80.0 Å². The van der Waals surface area contributed by atoms with Crippen LogP contribution in [0.2, 0.25) is 5.02 Å². The average Bonchev–Trinajstić information content (AvgIpc) is 3.18. The van der Waals surface area contributed by atoms with Crippen LogP contribution >= 0.6 is 11.6 Å². The summed E-state index contributed by atoms with van der Waals surface area (Å²) in [5.74, 6) is 1.23. The van der Waals surface area contributed by atoms with E-state index in [1.54, 1.807) is 6.07 Å². The third kappa shape index (κ3) is 6.32. The number of nitrogens with one attached hydrogen (secondary N) is 2. The van der Waals surface area contributed by atoms with E-state index in [1.165, 1.54) is 5.56 Å². The Morgan fingerprint density at radius 1 is 1.17 bits per heavy atom. The van der Waals surface area contributed by atoms with Crippen molar-refractivity contribution in [3.63, 3.8) is 0 Å². The van der Waals surface area contributed by atoms with E-state index < -0.39 is 0 Å². The molecule has 2 N–H and O–H groups in total. The summed E-state index contributed by atoms with van der Waals surface area (Å²) in [6.07, 6.45) is 3.38. The van der Waals surface area contributed by atoms with Gasteiger partial charge in [-0.1, -0.05) is 54.0 Å². The highest BCUT2D eigenvalue weighted by atomic mass is 35.5. The predicted molar refractivity (Wildman–Crippen MR) is 120 cm³/mol. The van der Waals surface area contributed by atoms with Gasteiger partial charge in [0.2, 0.25) is 11.8 Å². The molecular weight excluding hydrogens is 400 g/mol. The molecule has 0 aliphatic heterocycles. The van der Waals surface area contributed by atoms with Gasteiger partial charge in [-0.25, -0.2) is 0 Å². The maximum absolute atomic E-state index is 12.2. The molecule has 0 bridgehead atoms. The van der Waals surface area contributed by atoms with Crippen LogP contribution in [0.25, 0.3) is 0 Å². The molecule has 6 nitrogen and oxygen atoms in total. The van der Waals surface area contributed by atoms with Crippen LogP contribution in [0.1, 0.15) is 56.4 Å². The van der Waals surface area contributed by atoms with E-state index in [0.29, 0.717) is 35.9 Å². The Kier molecular flexibility index (Phi) is 7.85. The summed E-state index contributed by atoms with van der Waals surface area (Å²) < 4.78 is 5.19. The number of hydrogen-bond donors (Lipinski definition) is 2. The SMILES string of the molecule is CCCc1noc(CCCC(=O)Nc2ccc(NC(C)c3ccccc3)c(Cl)c2)n1. The maximum atomic E-state index is 12.2. The van der Waals surface area contributed by atoms with Gasteiger partial charge in [0.05, 0.1) is 10.7 Å². The summed E-state index contributed by atoms with van der Waals surface area (Å²) in [7, 11) is 0. The molecule has 7 heteroatoms. The number of rotatable bonds is 10. The van der Waals surface area contributed by atoms with E-state index in [0.717, 1.165) is 24.4 Å².